The topological polar surface area (TPSA) is 259 Å². The summed E-state index contributed by atoms with van der Waals surface area (Å²) in [6.07, 6.45) is -6.06. The minimum Gasteiger partial charge on any atom is -0.370 e. The Morgan fingerprint density at radius 2 is 0.846 bits per heavy atom. The summed E-state index contributed by atoms with van der Waals surface area (Å²) in [6.45, 7) is 0. The first-order valence-corrected chi connectivity index (χ1v) is 6.96. The molecule has 16 heteroatoms. The van der Waals surface area contributed by atoms with Crippen molar-refractivity contribution in [1.29, 1.82) is 0 Å². The number of amides is 2. The monoisotopic (exact) mass is 380 g/mol. The number of nitro groups is 4. The van der Waals surface area contributed by atoms with E-state index in [1.807, 2.05) is 0 Å². The van der Waals surface area contributed by atoms with Gasteiger partial charge in [-0.1, -0.05) is 0 Å². The molecule has 0 unspecified atom stereocenters. The Kier molecular flexibility index (Phi) is 7.44. The van der Waals surface area contributed by atoms with Crippen LogP contribution >= 0.6 is 0 Å². The van der Waals surface area contributed by atoms with Crippen LogP contribution in [-0.4, -0.2) is 42.8 Å². The molecular weight excluding hydrogens is 364 g/mol. The third-order valence-corrected chi connectivity index (χ3v) is 3.83. The molecule has 4 N–H and O–H groups in total. The van der Waals surface area contributed by atoms with Crippen molar-refractivity contribution in [2.24, 2.45) is 11.5 Å². The van der Waals surface area contributed by atoms with E-state index in [4.69, 9.17) is 11.5 Å². The van der Waals surface area contributed by atoms with Crippen LogP contribution in [0, 0.1) is 40.5 Å². The van der Waals surface area contributed by atoms with Crippen LogP contribution in [0.15, 0.2) is 0 Å². The molecule has 146 valence electrons. The predicted molar refractivity (Wildman–Crippen MR) is 79.5 cm³/mol. The molecule has 0 aliphatic rings. The van der Waals surface area contributed by atoms with E-state index in [2.05, 4.69) is 0 Å². The lowest BCUT2D eigenvalue weighted by Gasteiger charge is -2.20. The van der Waals surface area contributed by atoms with E-state index in [1.165, 1.54) is 0 Å². The molecule has 0 aliphatic carbocycles. The average molecular weight is 380 g/mol. The maximum absolute atomic E-state index is 11.2. The number of carbonyl (C=O) groups is 2. The number of rotatable bonds is 13. The van der Waals surface area contributed by atoms with Gasteiger partial charge in [-0.05, 0) is 0 Å². The highest BCUT2D eigenvalue weighted by Gasteiger charge is 2.63. The van der Waals surface area contributed by atoms with Gasteiger partial charge < -0.3 is 11.5 Å². The van der Waals surface area contributed by atoms with Gasteiger partial charge in [-0.25, -0.2) is 0 Å². The number of hydrogen-bond donors (Lipinski definition) is 2. The van der Waals surface area contributed by atoms with Crippen molar-refractivity contribution < 1.29 is 29.3 Å². The quantitative estimate of drug-likeness (QED) is 0.219. The molecule has 0 fully saturated rings. The number of carbonyl (C=O) groups excluding carboxylic acids is 2. The van der Waals surface area contributed by atoms with Crippen molar-refractivity contribution in [3.8, 4) is 0 Å². The zero-order chi connectivity index (χ0) is 20.7. The second kappa shape index (κ2) is 8.58. The lowest BCUT2D eigenvalue weighted by atomic mass is 9.91. The molecule has 0 aromatic carbocycles. The normalized spacial score (nSPS) is 11.5. The van der Waals surface area contributed by atoms with Gasteiger partial charge in [0.25, 0.3) is 0 Å². The molecule has 0 spiro atoms. The van der Waals surface area contributed by atoms with E-state index in [0.717, 1.165) is 0 Å². The van der Waals surface area contributed by atoms with Crippen molar-refractivity contribution in [3.05, 3.63) is 40.5 Å². The zero-order valence-electron chi connectivity index (χ0n) is 13.3. The number of nitrogens with zero attached hydrogens (tertiary/aromatic N) is 4. The SMILES string of the molecule is NC(=O)CCC(CCC(CCC(N)=O)([N+](=O)[O-])[N+](=O)[O-])([N+](=O)[O-])[N+](=O)[O-]. The first-order chi connectivity index (χ1) is 11.8. The van der Waals surface area contributed by atoms with Crippen LogP contribution < -0.4 is 11.5 Å². The summed E-state index contributed by atoms with van der Waals surface area (Å²) in [6, 6.07) is 0. The lowest BCUT2D eigenvalue weighted by Crippen LogP contribution is -2.52. The summed E-state index contributed by atoms with van der Waals surface area (Å²) >= 11 is 0. The average Bonchev–Trinajstić information content (AvgIpc) is 2.48. The van der Waals surface area contributed by atoms with Crippen molar-refractivity contribution in [3.63, 3.8) is 0 Å². The van der Waals surface area contributed by atoms with Crippen LogP contribution in [0.3, 0.4) is 0 Å². The number of nitrogens with two attached hydrogens (primary N) is 2. The molecule has 0 rings (SSSR count). The molecule has 0 heterocycles. The molecule has 16 nitrogen and oxygen atoms in total. The Bertz CT molecular complexity index is 552. The van der Waals surface area contributed by atoms with Crippen molar-refractivity contribution in [2.45, 2.75) is 49.9 Å². The van der Waals surface area contributed by atoms with Crippen LogP contribution in [-0.2, 0) is 9.59 Å². The molecular formula is C10H16N6O10. The Hall–Kier alpha value is -3.46. The molecule has 0 aliphatic heterocycles. The molecule has 0 aromatic rings. The highest BCUT2D eigenvalue weighted by molar-refractivity contribution is 5.74. The Labute approximate surface area is 144 Å². The maximum atomic E-state index is 11.2. The van der Waals surface area contributed by atoms with E-state index in [1.54, 1.807) is 0 Å². The molecule has 0 aromatic heterocycles. The van der Waals surface area contributed by atoms with E-state index < -0.39 is 81.4 Å². The molecule has 26 heavy (non-hydrogen) atoms. The maximum Gasteiger partial charge on any atom is 0.459 e. The fourth-order valence-corrected chi connectivity index (χ4v) is 2.16. The van der Waals surface area contributed by atoms with Gasteiger partial charge in [-0.3, -0.25) is 50.0 Å². The summed E-state index contributed by atoms with van der Waals surface area (Å²) in [5.41, 5.74) is 3.45. The third-order valence-electron chi connectivity index (χ3n) is 3.83. The van der Waals surface area contributed by atoms with Crippen molar-refractivity contribution >= 4 is 11.8 Å². The van der Waals surface area contributed by atoms with Gasteiger partial charge in [-0.2, -0.15) is 0 Å². The number of primary amides is 2. The Morgan fingerprint density at radius 1 is 0.615 bits per heavy atom. The predicted octanol–water partition coefficient (Wildman–Crippen LogP) is -1.20. The lowest BCUT2D eigenvalue weighted by molar-refractivity contribution is -0.816. The van der Waals surface area contributed by atoms with Crippen LogP contribution in [0.1, 0.15) is 38.5 Å². The molecule has 0 radical (unpaired) electrons. The standard InChI is InChI=1S/C10H16N6O10/c11-7(17)1-3-9(13(19)20,14(21)22)5-6-10(15(23)24,16(25)26)4-2-8(12)18/h1-6H2,(H2,11,17)(H2,12,18). The second-order valence-corrected chi connectivity index (χ2v) is 5.43. The van der Waals surface area contributed by atoms with Crippen LogP contribution in [0.5, 0.6) is 0 Å². The van der Waals surface area contributed by atoms with Crippen LogP contribution in [0.2, 0.25) is 0 Å². The van der Waals surface area contributed by atoms with E-state index in [0.29, 0.717) is 0 Å². The Balaban J connectivity index is 5.83. The fraction of sp³-hybridized carbons (Fsp3) is 0.800. The molecule has 0 saturated heterocycles. The van der Waals surface area contributed by atoms with Gasteiger partial charge >= 0.3 is 11.3 Å². The van der Waals surface area contributed by atoms with Crippen LogP contribution in [0.4, 0.5) is 0 Å². The highest BCUT2D eigenvalue weighted by Crippen LogP contribution is 2.32. The van der Waals surface area contributed by atoms with Gasteiger partial charge in [0, 0.05) is 12.8 Å². The van der Waals surface area contributed by atoms with Gasteiger partial charge in [0.2, 0.25) is 11.8 Å². The van der Waals surface area contributed by atoms with E-state index in [-0.39, 0.29) is 0 Å². The first-order valence-electron chi connectivity index (χ1n) is 6.96. The van der Waals surface area contributed by atoms with Gasteiger partial charge in [0.15, 0.2) is 0 Å². The summed E-state index contributed by atoms with van der Waals surface area (Å²) in [5.74, 6) is -2.19. The molecule has 2 amide bonds. The minimum absolute atomic E-state index is 0.785. The summed E-state index contributed by atoms with van der Waals surface area (Å²) in [4.78, 5) is 60.9. The molecule has 0 bridgehead atoms. The second-order valence-electron chi connectivity index (χ2n) is 5.43. The summed E-state index contributed by atoms with van der Waals surface area (Å²) < 4.78 is 0. The van der Waals surface area contributed by atoms with Crippen LogP contribution in [0.25, 0.3) is 0 Å². The van der Waals surface area contributed by atoms with Gasteiger partial charge in [-0.15, -0.1) is 0 Å². The summed E-state index contributed by atoms with van der Waals surface area (Å²) in [5, 5.41) is 44.8. The fourth-order valence-electron chi connectivity index (χ4n) is 2.16. The van der Waals surface area contributed by atoms with Crippen molar-refractivity contribution in [1.82, 2.24) is 0 Å². The molecule has 0 atom stereocenters. The smallest absolute Gasteiger partial charge is 0.370 e. The van der Waals surface area contributed by atoms with Gasteiger partial charge in [0.05, 0.1) is 32.5 Å². The van der Waals surface area contributed by atoms with E-state index in [9.17, 15) is 50.0 Å². The van der Waals surface area contributed by atoms with E-state index >= 15 is 0 Å². The zero-order valence-corrected chi connectivity index (χ0v) is 13.3. The minimum atomic E-state index is -3.08. The largest absolute Gasteiger partial charge is 0.459 e. The first kappa shape index (κ1) is 22.5. The highest BCUT2D eigenvalue weighted by atomic mass is 16.7. The van der Waals surface area contributed by atoms with Crippen molar-refractivity contribution in [2.75, 3.05) is 0 Å². The Morgan fingerprint density at radius 3 is 1.00 bits per heavy atom. The number of hydrogen-bond acceptors (Lipinski definition) is 10. The van der Waals surface area contributed by atoms with Gasteiger partial charge in [0.1, 0.15) is 12.8 Å². The third kappa shape index (κ3) is 5.02. The summed E-state index contributed by atoms with van der Waals surface area (Å²) in [7, 11) is 0. The molecule has 0 saturated carbocycles.